The molecule has 17 heavy (non-hydrogen) atoms. The van der Waals surface area contributed by atoms with Gasteiger partial charge in [-0.3, -0.25) is 4.90 Å². The highest BCUT2D eigenvalue weighted by Gasteiger charge is 2.39. The van der Waals surface area contributed by atoms with Crippen LogP contribution in [0.25, 0.3) is 0 Å². The van der Waals surface area contributed by atoms with Crippen LogP contribution in [0.2, 0.25) is 0 Å². The molecule has 0 aromatic rings. The molecule has 0 unspecified atom stereocenters. The Bertz CT molecular complexity index is 257. The Hall–Kier alpha value is -0.580. The highest BCUT2D eigenvalue weighted by molar-refractivity contribution is 5.60. The smallest absolute Gasteiger partial charge is 0.303 e. The van der Waals surface area contributed by atoms with Crippen LogP contribution >= 0.6 is 0 Å². The van der Waals surface area contributed by atoms with E-state index in [0.717, 1.165) is 32.0 Å². The lowest BCUT2D eigenvalue weighted by Gasteiger charge is -2.34. The van der Waals surface area contributed by atoms with E-state index in [4.69, 9.17) is 0 Å². The average Bonchev–Trinajstić information content (AvgIpc) is 2.64. The first-order chi connectivity index (χ1) is 7.78. The summed E-state index contributed by atoms with van der Waals surface area (Å²) in [7, 11) is 0. The molecular weight excluding hydrogens is 231 g/mol. The molecule has 0 N–H and O–H groups in total. The van der Waals surface area contributed by atoms with E-state index in [0.29, 0.717) is 0 Å². The number of aldehydes is 1. The molecule has 0 spiro atoms. The van der Waals surface area contributed by atoms with Crippen LogP contribution in [-0.2, 0) is 4.79 Å². The van der Waals surface area contributed by atoms with E-state index < -0.39 is 18.1 Å². The standard InChI is InChI=1S/C12H20F3NO/c1-10(2)16(8-12(13,14)15)7-11(9-17)5-3-4-6-11/h9-10H,3-8H2,1-2H3. The monoisotopic (exact) mass is 251 g/mol. The Kier molecular flexibility index (Phi) is 4.58. The number of carbonyl (C=O) groups excluding carboxylic acids is 1. The molecule has 0 saturated heterocycles. The Morgan fingerprint density at radius 1 is 1.29 bits per heavy atom. The molecule has 1 aliphatic carbocycles. The first-order valence-corrected chi connectivity index (χ1v) is 6.05. The molecule has 0 atom stereocenters. The molecule has 0 aromatic carbocycles. The predicted octanol–water partition coefficient (Wildman–Crippen LogP) is 3.02. The van der Waals surface area contributed by atoms with Crippen LogP contribution in [0, 0.1) is 5.41 Å². The van der Waals surface area contributed by atoms with Crippen molar-refractivity contribution in [3.05, 3.63) is 0 Å². The predicted molar refractivity (Wildman–Crippen MR) is 59.7 cm³/mol. The van der Waals surface area contributed by atoms with Crippen molar-refractivity contribution in [2.45, 2.75) is 51.7 Å². The number of alkyl halides is 3. The third-order valence-electron chi connectivity index (χ3n) is 3.48. The second kappa shape index (κ2) is 5.38. The van der Waals surface area contributed by atoms with Gasteiger partial charge in [-0.25, -0.2) is 0 Å². The first-order valence-electron chi connectivity index (χ1n) is 6.05. The third-order valence-corrected chi connectivity index (χ3v) is 3.48. The zero-order valence-electron chi connectivity index (χ0n) is 10.4. The van der Waals surface area contributed by atoms with Crippen molar-refractivity contribution >= 4 is 6.29 Å². The van der Waals surface area contributed by atoms with Crippen molar-refractivity contribution in [2.24, 2.45) is 5.41 Å². The van der Waals surface area contributed by atoms with Crippen LogP contribution in [-0.4, -0.2) is 36.5 Å². The number of nitrogens with zero attached hydrogens (tertiary/aromatic N) is 1. The molecule has 1 aliphatic rings. The molecular formula is C12H20F3NO. The van der Waals surface area contributed by atoms with Crippen LogP contribution in [0.5, 0.6) is 0 Å². The molecule has 0 amide bonds. The zero-order chi connectivity index (χ0) is 13.1. The van der Waals surface area contributed by atoms with Gasteiger partial charge in [-0.1, -0.05) is 12.8 Å². The van der Waals surface area contributed by atoms with Crippen LogP contribution in [0.1, 0.15) is 39.5 Å². The van der Waals surface area contributed by atoms with Crippen molar-refractivity contribution in [2.75, 3.05) is 13.1 Å². The summed E-state index contributed by atoms with van der Waals surface area (Å²) in [6.07, 6.45) is -0.0127. The minimum atomic E-state index is -4.20. The van der Waals surface area contributed by atoms with Gasteiger partial charge < -0.3 is 4.79 Å². The fourth-order valence-corrected chi connectivity index (χ4v) is 2.45. The summed E-state index contributed by atoms with van der Waals surface area (Å²) in [5.74, 6) is 0. The average molecular weight is 251 g/mol. The van der Waals surface area contributed by atoms with Crippen LogP contribution in [0.4, 0.5) is 13.2 Å². The summed E-state index contributed by atoms with van der Waals surface area (Å²) < 4.78 is 37.3. The second-order valence-electron chi connectivity index (χ2n) is 5.30. The van der Waals surface area contributed by atoms with E-state index in [1.54, 1.807) is 13.8 Å². The molecule has 0 radical (unpaired) electrons. The molecule has 5 heteroatoms. The minimum absolute atomic E-state index is 0.200. The molecule has 0 bridgehead atoms. The van der Waals surface area contributed by atoms with Gasteiger partial charge in [0.15, 0.2) is 0 Å². The molecule has 1 saturated carbocycles. The van der Waals surface area contributed by atoms with Gasteiger partial charge in [-0.2, -0.15) is 13.2 Å². The molecule has 100 valence electrons. The molecule has 2 nitrogen and oxygen atoms in total. The number of rotatable bonds is 5. The summed E-state index contributed by atoms with van der Waals surface area (Å²) in [6, 6.07) is -0.200. The molecule has 0 aromatic heterocycles. The Morgan fingerprint density at radius 3 is 2.18 bits per heavy atom. The molecule has 0 heterocycles. The first kappa shape index (κ1) is 14.5. The van der Waals surface area contributed by atoms with Crippen LogP contribution in [0.15, 0.2) is 0 Å². The van der Waals surface area contributed by atoms with Crippen molar-refractivity contribution < 1.29 is 18.0 Å². The third kappa shape index (κ3) is 4.30. The highest BCUT2D eigenvalue weighted by Crippen LogP contribution is 2.37. The summed E-state index contributed by atoms with van der Waals surface area (Å²) in [5, 5.41) is 0. The van der Waals surface area contributed by atoms with E-state index >= 15 is 0 Å². The fraction of sp³-hybridized carbons (Fsp3) is 0.917. The van der Waals surface area contributed by atoms with E-state index in [1.165, 1.54) is 4.90 Å². The Balaban J connectivity index is 2.68. The number of hydrogen-bond donors (Lipinski definition) is 0. The van der Waals surface area contributed by atoms with E-state index in [2.05, 4.69) is 0 Å². The van der Waals surface area contributed by atoms with E-state index in [9.17, 15) is 18.0 Å². The molecule has 0 aliphatic heterocycles. The van der Waals surface area contributed by atoms with Gasteiger partial charge in [0.1, 0.15) is 6.29 Å². The summed E-state index contributed by atoms with van der Waals surface area (Å²) >= 11 is 0. The van der Waals surface area contributed by atoms with Gasteiger partial charge in [0.05, 0.1) is 6.54 Å². The van der Waals surface area contributed by atoms with Gasteiger partial charge in [0.25, 0.3) is 0 Å². The SMILES string of the molecule is CC(C)N(CC(F)(F)F)CC1(C=O)CCCC1. The van der Waals surface area contributed by atoms with Gasteiger partial charge in [0.2, 0.25) is 0 Å². The van der Waals surface area contributed by atoms with Crippen molar-refractivity contribution in [1.82, 2.24) is 4.90 Å². The summed E-state index contributed by atoms with van der Waals surface area (Å²) in [6.45, 7) is 2.77. The maximum atomic E-state index is 12.4. The molecule has 1 fully saturated rings. The lowest BCUT2D eigenvalue weighted by molar-refractivity contribution is -0.154. The van der Waals surface area contributed by atoms with E-state index in [-0.39, 0.29) is 12.6 Å². The van der Waals surface area contributed by atoms with Crippen LogP contribution < -0.4 is 0 Å². The molecule has 1 rings (SSSR count). The van der Waals surface area contributed by atoms with Gasteiger partial charge in [-0.15, -0.1) is 0 Å². The van der Waals surface area contributed by atoms with Gasteiger partial charge in [-0.05, 0) is 26.7 Å². The minimum Gasteiger partial charge on any atom is -0.303 e. The van der Waals surface area contributed by atoms with Crippen molar-refractivity contribution in [3.8, 4) is 0 Å². The number of hydrogen-bond acceptors (Lipinski definition) is 2. The largest absolute Gasteiger partial charge is 0.401 e. The topological polar surface area (TPSA) is 20.3 Å². The summed E-state index contributed by atoms with van der Waals surface area (Å²) in [5.41, 5.74) is -0.546. The Morgan fingerprint density at radius 2 is 1.82 bits per heavy atom. The maximum absolute atomic E-state index is 12.4. The highest BCUT2D eigenvalue weighted by atomic mass is 19.4. The van der Waals surface area contributed by atoms with Gasteiger partial charge in [0, 0.05) is 18.0 Å². The zero-order valence-corrected chi connectivity index (χ0v) is 10.4. The van der Waals surface area contributed by atoms with E-state index in [1.807, 2.05) is 0 Å². The lowest BCUT2D eigenvalue weighted by atomic mass is 9.87. The maximum Gasteiger partial charge on any atom is 0.401 e. The fourth-order valence-electron chi connectivity index (χ4n) is 2.45. The lowest BCUT2D eigenvalue weighted by Crippen LogP contribution is -2.45. The Labute approximate surface area is 100 Å². The van der Waals surface area contributed by atoms with Gasteiger partial charge >= 0.3 is 6.18 Å². The van der Waals surface area contributed by atoms with Crippen molar-refractivity contribution in [3.63, 3.8) is 0 Å². The van der Waals surface area contributed by atoms with Crippen LogP contribution in [0.3, 0.4) is 0 Å². The number of carbonyl (C=O) groups is 1. The second-order valence-corrected chi connectivity index (χ2v) is 5.30. The quantitative estimate of drug-likeness (QED) is 0.700. The number of halogens is 3. The summed E-state index contributed by atoms with van der Waals surface area (Å²) in [4.78, 5) is 12.5. The normalized spacial score (nSPS) is 20.2. The van der Waals surface area contributed by atoms with Crippen molar-refractivity contribution in [1.29, 1.82) is 0 Å².